The van der Waals surface area contributed by atoms with Crippen molar-refractivity contribution in [2.75, 3.05) is 17.8 Å². The minimum Gasteiger partial charge on any atom is -0.280 e. The first-order valence-corrected chi connectivity index (χ1v) is 11.8. The molecule has 0 aliphatic rings. The first kappa shape index (κ1) is 23.1. The molecule has 0 radical (unpaired) electrons. The summed E-state index contributed by atoms with van der Waals surface area (Å²) in [4.78, 5) is 9.88. The molecule has 9 nitrogen and oxygen atoms in total. The quantitative estimate of drug-likeness (QED) is 0.474. The third-order valence-corrected chi connectivity index (χ3v) is 8.31. The summed E-state index contributed by atoms with van der Waals surface area (Å²) >= 11 is 6.05. The van der Waals surface area contributed by atoms with Crippen molar-refractivity contribution in [1.82, 2.24) is 4.31 Å². The van der Waals surface area contributed by atoms with Gasteiger partial charge in [0.05, 0.1) is 20.5 Å². The zero-order valence-electron chi connectivity index (χ0n) is 15.9. The number of hydrogen-bond acceptors (Lipinski definition) is 6. The summed E-state index contributed by atoms with van der Waals surface area (Å²) in [6.45, 7) is 5.11. The first-order chi connectivity index (χ1) is 13.5. The van der Waals surface area contributed by atoms with Gasteiger partial charge in [-0.3, -0.25) is 14.8 Å². The van der Waals surface area contributed by atoms with Gasteiger partial charge in [0.2, 0.25) is 10.0 Å². The number of nitrogens with zero attached hydrogens (tertiary/aromatic N) is 2. The maximum Gasteiger partial charge on any atom is 0.273 e. The summed E-state index contributed by atoms with van der Waals surface area (Å²) in [5, 5.41) is 11.0. The van der Waals surface area contributed by atoms with Crippen molar-refractivity contribution < 1.29 is 21.8 Å². The fourth-order valence-electron chi connectivity index (χ4n) is 2.77. The van der Waals surface area contributed by atoms with Crippen molar-refractivity contribution in [3.8, 4) is 0 Å². The van der Waals surface area contributed by atoms with Crippen molar-refractivity contribution in [3.05, 3.63) is 57.1 Å². The Labute approximate surface area is 174 Å². The van der Waals surface area contributed by atoms with E-state index in [1.54, 1.807) is 13.8 Å². The Morgan fingerprint density at radius 1 is 1.07 bits per heavy atom. The maximum absolute atomic E-state index is 12.8. The van der Waals surface area contributed by atoms with Crippen LogP contribution in [-0.4, -0.2) is 39.2 Å². The summed E-state index contributed by atoms with van der Waals surface area (Å²) in [7, 11) is -8.14. The van der Waals surface area contributed by atoms with Gasteiger partial charge in [-0.15, -0.1) is 0 Å². The van der Waals surface area contributed by atoms with Crippen LogP contribution in [0.15, 0.2) is 46.2 Å². The van der Waals surface area contributed by atoms with Crippen LogP contribution in [0.5, 0.6) is 0 Å². The van der Waals surface area contributed by atoms with Gasteiger partial charge in [0.15, 0.2) is 0 Å². The van der Waals surface area contributed by atoms with Gasteiger partial charge in [0.1, 0.15) is 4.90 Å². The smallest absolute Gasteiger partial charge is 0.273 e. The van der Waals surface area contributed by atoms with E-state index in [9.17, 15) is 26.9 Å². The highest BCUT2D eigenvalue weighted by molar-refractivity contribution is 7.92. The average molecular weight is 462 g/mol. The molecule has 0 fully saturated rings. The maximum atomic E-state index is 12.8. The lowest BCUT2D eigenvalue weighted by Gasteiger charge is -2.20. The van der Waals surface area contributed by atoms with Gasteiger partial charge >= 0.3 is 0 Å². The zero-order valence-corrected chi connectivity index (χ0v) is 18.3. The molecule has 0 atom stereocenters. The molecule has 0 aromatic heterocycles. The van der Waals surface area contributed by atoms with Crippen molar-refractivity contribution in [2.24, 2.45) is 0 Å². The number of anilines is 1. The summed E-state index contributed by atoms with van der Waals surface area (Å²) < 4.78 is 54.5. The molecule has 0 heterocycles. The van der Waals surface area contributed by atoms with E-state index in [1.165, 1.54) is 41.6 Å². The molecule has 29 heavy (non-hydrogen) atoms. The van der Waals surface area contributed by atoms with E-state index in [-0.39, 0.29) is 44.8 Å². The first-order valence-electron chi connectivity index (χ1n) is 8.52. The number of hydrogen-bond donors (Lipinski definition) is 1. The highest BCUT2D eigenvalue weighted by Crippen LogP contribution is 2.30. The van der Waals surface area contributed by atoms with Crippen LogP contribution in [0.3, 0.4) is 0 Å². The Hall–Kier alpha value is -2.21. The van der Waals surface area contributed by atoms with Gasteiger partial charge in [-0.2, -0.15) is 4.31 Å². The largest absolute Gasteiger partial charge is 0.280 e. The van der Waals surface area contributed by atoms with E-state index in [2.05, 4.69) is 4.72 Å². The van der Waals surface area contributed by atoms with Gasteiger partial charge in [-0.05, 0) is 31.2 Å². The van der Waals surface area contributed by atoms with E-state index in [0.29, 0.717) is 0 Å². The van der Waals surface area contributed by atoms with Gasteiger partial charge < -0.3 is 0 Å². The Kier molecular flexibility index (Phi) is 6.89. The third kappa shape index (κ3) is 4.69. The molecule has 2 aromatic rings. The van der Waals surface area contributed by atoms with E-state index < -0.39 is 25.0 Å². The molecular formula is C17H20ClN3O6S2. The number of nitro groups is 1. The molecule has 1 N–H and O–H groups in total. The highest BCUT2D eigenvalue weighted by Gasteiger charge is 2.27. The van der Waals surface area contributed by atoms with Crippen molar-refractivity contribution in [3.63, 3.8) is 0 Å². The van der Waals surface area contributed by atoms with Crippen LogP contribution in [0.4, 0.5) is 11.4 Å². The molecule has 0 amide bonds. The third-order valence-electron chi connectivity index (χ3n) is 4.25. The predicted molar refractivity (Wildman–Crippen MR) is 110 cm³/mol. The molecule has 0 saturated heterocycles. The molecular weight excluding hydrogens is 442 g/mol. The SMILES string of the molecule is CCN(CC)S(=O)(=O)c1cc(NS(=O)(=O)c2cccc([N+](=O)[O-])c2C)ccc1Cl. The number of rotatable bonds is 8. The highest BCUT2D eigenvalue weighted by atomic mass is 35.5. The minimum absolute atomic E-state index is 0.0325. The van der Waals surface area contributed by atoms with Crippen LogP contribution in [0, 0.1) is 17.0 Å². The number of nitro benzene ring substituents is 1. The lowest BCUT2D eigenvalue weighted by atomic mass is 10.2. The van der Waals surface area contributed by atoms with Crippen LogP contribution < -0.4 is 4.72 Å². The average Bonchev–Trinajstić information content (AvgIpc) is 2.63. The number of nitrogens with one attached hydrogen (secondary N) is 1. The van der Waals surface area contributed by atoms with Crippen LogP contribution >= 0.6 is 11.6 Å². The molecule has 0 spiro atoms. The lowest BCUT2D eigenvalue weighted by molar-refractivity contribution is -0.385. The second-order valence-electron chi connectivity index (χ2n) is 6.00. The van der Waals surface area contributed by atoms with Crippen molar-refractivity contribution in [2.45, 2.75) is 30.6 Å². The topological polar surface area (TPSA) is 127 Å². The van der Waals surface area contributed by atoms with Crippen molar-refractivity contribution >= 4 is 43.0 Å². The van der Waals surface area contributed by atoms with Crippen LogP contribution in [0.25, 0.3) is 0 Å². The van der Waals surface area contributed by atoms with E-state index in [4.69, 9.17) is 11.6 Å². The Morgan fingerprint density at radius 3 is 2.24 bits per heavy atom. The van der Waals surface area contributed by atoms with E-state index >= 15 is 0 Å². The minimum atomic E-state index is -4.21. The fourth-order valence-corrected chi connectivity index (χ4v) is 6.04. The van der Waals surface area contributed by atoms with Crippen LogP contribution in [0.1, 0.15) is 19.4 Å². The Balaban J connectivity index is 2.51. The second-order valence-corrected chi connectivity index (χ2v) is 9.96. The summed E-state index contributed by atoms with van der Waals surface area (Å²) in [6, 6.07) is 7.40. The molecule has 0 unspecified atom stereocenters. The van der Waals surface area contributed by atoms with E-state index in [0.717, 1.165) is 6.07 Å². The summed E-state index contributed by atoms with van der Waals surface area (Å²) in [6.07, 6.45) is 0. The van der Waals surface area contributed by atoms with Gasteiger partial charge in [-0.1, -0.05) is 31.5 Å². The molecule has 12 heteroatoms. The number of benzene rings is 2. The molecule has 0 bridgehead atoms. The molecule has 0 aliphatic carbocycles. The molecule has 2 aromatic carbocycles. The molecule has 158 valence electrons. The second kappa shape index (κ2) is 8.66. The Morgan fingerprint density at radius 2 is 1.69 bits per heavy atom. The standard InChI is InChI=1S/C17H20ClN3O6S2/c1-4-20(5-2)29(26,27)17-11-13(9-10-14(17)18)19-28(24,25)16-8-6-7-15(12(16)3)21(22)23/h6-11,19H,4-5H2,1-3H3. The van der Waals surface area contributed by atoms with Gasteiger partial charge in [0, 0.05) is 24.7 Å². The molecule has 0 aliphatic heterocycles. The summed E-state index contributed by atoms with van der Waals surface area (Å²) in [5.74, 6) is 0. The monoisotopic (exact) mass is 461 g/mol. The van der Waals surface area contributed by atoms with Gasteiger partial charge in [0.25, 0.3) is 15.7 Å². The fraction of sp³-hybridized carbons (Fsp3) is 0.294. The summed E-state index contributed by atoms with van der Waals surface area (Å²) in [5.41, 5.74) is -0.408. The molecule has 0 saturated carbocycles. The number of halogens is 1. The van der Waals surface area contributed by atoms with Crippen LogP contribution in [-0.2, 0) is 20.0 Å². The zero-order chi connectivity index (χ0) is 22.0. The van der Waals surface area contributed by atoms with Gasteiger partial charge in [-0.25, -0.2) is 16.8 Å². The Bertz CT molecular complexity index is 1150. The lowest BCUT2D eigenvalue weighted by Crippen LogP contribution is -2.30. The van der Waals surface area contributed by atoms with Crippen molar-refractivity contribution in [1.29, 1.82) is 0 Å². The predicted octanol–water partition coefficient (Wildman–Crippen LogP) is 3.39. The normalized spacial score (nSPS) is 12.2. The number of sulfonamides is 2. The van der Waals surface area contributed by atoms with E-state index in [1.807, 2.05) is 0 Å². The molecule has 2 rings (SSSR count). The van der Waals surface area contributed by atoms with Crippen LogP contribution in [0.2, 0.25) is 5.02 Å².